The molecular formula is C107H136N8O23S2. The van der Waals surface area contributed by atoms with E-state index >= 15 is 0 Å². The standard InChI is InChI=1S/C23H30O4.C22H27N3O5.C22H25NO5S.C21H25N3O4.C19H29NO5S/c1-16(2)23(24)20-12-21(14-22(13-20)27-18(4)15-25-5)26-17(3)11-19-9-7-6-8-10-19;1-14(2)21(26)16-8-17(29-15(3)13-28-4)10-18(9-16)30-20-12-23-19(11-24-20)22(27)25-6-5-7-25;1-15(2)21(24)16-12-17(22(25)23-10-4-5-11-23)14-19(13-16)28-18-6-8-20(9-7-18)29(3,26)27;1-13(2)20(25)15-8-16(27-14(3)4)10-17(9-15)28-19-12-22-18(11-23-19)21(26)24-6-5-7-24;1-13(2)19(21)15-10-17(24-14(3)4)12-18(11-15)25-16-6-8-20(9-7-16)26(5,22)23/h6-10,12-14,16-18H,11,15H2,1-5H3;8-12,14-15H,5-7,13H2,1-4H3;6-9,12-15H,4-5,10-11H2,1-3H3;8-14H,5-7H2,1-4H3;10-14,16H,6-9H2,1-5H3/t17-,18-;15-;;;/m00.../s1. The number of Topliss-reactive ketones (excluding diaryl/α,β-unsaturated/α-hetero) is 5. The van der Waals surface area contributed by atoms with Crippen molar-refractivity contribution in [1.82, 2.24) is 38.9 Å². The largest absolute Gasteiger partial charge is 0.491 e. The predicted octanol–water partition coefficient (Wildman–Crippen LogP) is 19.1. The lowest BCUT2D eigenvalue weighted by Gasteiger charge is -2.30. The maximum Gasteiger partial charge on any atom is 0.274 e. The van der Waals surface area contributed by atoms with Crippen LogP contribution in [0.25, 0.3) is 0 Å². The van der Waals surface area contributed by atoms with Gasteiger partial charge in [0, 0.05) is 166 Å². The molecule has 4 aliphatic heterocycles. The van der Waals surface area contributed by atoms with Gasteiger partial charge in [0.15, 0.2) is 38.8 Å². The zero-order valence-corrected chi connectivity index (χ0v) is 86.0. The molecular weight excluding hydrogens is 1830 g/mol. The normalized spacial score (nSPS) is 14.4. The molecule has 7 aromatic carbocycles. The minimum Gasteiger partial charge on any atom is -0.491 e. The van der Waals surface area contributed by atoms with Gasteiger partial charge in [0.25, 0.3) is 17.7 Å². The summed E-state index contributed by atoms with van der Waals surface area (Å²) in [4.78, 5) is 122. The third-order valence-electron chi connectivity index (χ3n) is 22.1. The van der Waals surface area contributed by atoms with Gasteiger partial charge in [-0.05, 0) is 184 Å². The van der Waals surface area contributed by atoms with Crippen LogP contribution in [0.4, 0.5) is 0 Å². The minimum atomic E-state index is -3.30. The number of methoxy groups -OCH3 is 2. The molecule has 4 aliphatic rings. The van der Waals surface area contributed by atoms with Gasteiger partial charge in [0.2, 0.25) is 21.8 Å². The molecule has 0 N–H and O–H groups in total. The second-order valence-electron chi connectivity index (χ2n) is 37.1. The van der Waals surface area contributed by atoms with Crippen LogP contribution >= 0.6 is 0 Å². The van der Waals surface area contributed by atoms with Crippen LogP contribution in [0.15, 0.2) is 175 Å². The Labute approximate surface area is 824 Å². The van der Waals surface area contributed by atoms with Gasteiger partial charge in [-0.15, -0.1) is 0 Å². The van der Waals surface area contributed by atoms with E-state index in [-0.39, 0.29) is 135 Å². The van der Waals surface area contributed by atoms with Gasteiger partial charge >= 0.3 is 0 Å². The summed E-state index contributed by atoms with van der Waals surface area (Å²) in [5, 5.41) is 0. The first kappa shape index (κ1) is 111. The highest BCUT2D eigenvalue weighted by Gasteiger charge is 2.31. The lowest BCUT2D eigenvalue weighted by Crippen LogP contribution is -2.42. The van der Waals surface area contributed by atoms with Crippen LogP contribution in [0, 0.1) is 29.6 Å². The van der Waals surface area contributed by atoms with Crippen molar-refractivity contribution in [3.05, 3.63) is 221 Å². The highest BCUT2D eigenvalue weighted by atomic mass is 32.2. The molecule has 9 aromatic rings. The van der Waals surface area contributed by atoms with E-state index in [1.54, 1.807) is 126 Å². The van der Waals surface area contributed by atoms with Crippen LogP contribution in [-0.2, 0) is 35.8 Å². The van der Waals surface area contributed by atoms with E-state index in [0.29, 0.717) is 149 Å². The third-order valence-corrected chi connectivity index (χ3v) is 24.6. The van der Waals surface area contributed by atoms with Crippen molar-refractivity contribution < 1.29 is 107 Å². The number of hydrogen-bond donors (Lipinski definition) is 0. The number of piperidine rings is 1. The van der Waals surface area contributed by atoms with Crippen LogP contribution in [0.5, 0.6) is 69.3 Å². The monoisotopic (exact) mass is 1960 g/mol. The Balaban J connectivity index is 0.000000196. The predicted molar refractivity (Wildman–Crippen MR) is 534 cm³/mol. The molecule has 0 radical (unpaired) electrons. The molecule has 4 fully saturated rings. The van der Waals surface area contributed by atoms with Gasteiger partial charge < -0.3 is 66.8 Å². The van der Waals surface area contributed by atoms with Crippen molar-refractivity contribution in [3.63, 3.8) is 0 Å². The van der Waals surface area contributed by atoms with Gasteiger partial charge in [-0.3, -0.25) is 38.4 Å². The molecule has 33 heteroatoms. The van der Waals surface area contributed by atoms with E-state index in [0.717, 1.165) is 64.5 Å². The fourth-order valence-electron chi connectivity index (χ4n) is 14.8. The number of sulfone groups is 1. The summed E-state index contributed by atoms with van der Waals surface area (Å²) < 4.78 is 111. The molecule has 13 rings (SSSR count). The average Bonchev–Trinajstić information content (AvgIpc) is 1.20. The fraction of sp³-hybridized carbons (Fsp3) is 0.458. The highest BCUT2D eigenvalue weighted by molar-refractivity contribution is 7.90. The molecule has 0 saturated carbocycles. The summed E-state index contributed by atoms with van der Waals surface area (Å²) >= 11 is 0. The van der Waals surface area contributed by atoms with Crippen LogP contribution in [-0.4, -0.2) is 231 Å². The van der Waals surface area contributed by atoms with Crippen molar-refractivity contribution in [2.45, 2.75) is 204 Å². The maximum atomic E-state index is 12.8. The Morgan fingerprint density at radius 1 is 0.343 bits per heavy atom. The lowest BCUT2D eigenvalue weighted by atomic mass is 9.98. The number of benzene rings is 7. The van der Waals surface area contributed by atoms with Crippen LogP contribution in [0.2, 0.25) is 0 Å². The number of sulfonamides is 1. The number of hydrogen-bond acceptors (Lipinski definition) is 27. The summed E-state index contributed by atoms with van der Waals surface area (Å²) in [7, 11) is -3.22. The van der Waals surface area contributed by atoms with Crippen molar-refractivity contribution in [1.29, 1.82) is 0 Å². The number of ether oxygens (including phenoxy) is 11. The van der Waals surface area contributed by atoms with E-state index < -0.39 is 19.9 Å². The Kier molecular flexibility index (Phi) is 41.7. The number of likely N-dealkylation sites (tertiary alicyclic amines) is 3. The molecule has 4 saturated heterocycles. The summed E-state index contributed by atoms with van der Waals surface area (Å²) in [5.74, 6) is 4.50. The number of amides is 3. The number of aromatic nitrogens is 4. The molecule has 2 aromatic heterocycles. The van der Waals surface area contributed by atoms with Crippen molar-refractivity contribution in [2.24, 2.45) is 29.6 Å². The molecule has 31 nitrogen and oxygen atoms in total. The number of ketones is 5. The third kappa shape index (κ3) is 34.7. The molecule has 754 valence electrons. The van der Waals surface area contributed by atoms with Crippen LogP contribution in [0.3, 0.4) is 0 Å². The summed E-state index contributed by atoms with van der Waals surface area (Å²) in [6.07, 6.45) is 13.5. The molecule has 0 bridgehead atoms. The number of nitrogens with zero attached hydrogens (tertiary/aromatic N) is 8. The molecule has 140 heavy (non-hydrogen) atoms. The molecule has 0 aliphatic carbocycles. The van der Waals surface area contributed by atoms with Gasteiger partial charge in [-0.1, -0.05) is 99.6 Å². The Bertz CT molecular complexity index is 5900. The highest BCUT2D eigenvalue weighted by Crippen LogP contribution is 2.36. The van der Waals surface area contributed by atoms with Gasteiger partial charge in [-0.25, -0.2) is 41.1 Å². The molecule has 6 heterocycles. The van der Waals surface area contributed by atoms with E-state index in [1.165, 1.54) is 53.0 Å². The topological polar surface area (TPSA) is 371 Å². The van der Waals surface area contributed by atoms with Crippen LogP contribution in [0.1, 0.15) is 245 Å². The Morgan fingerprint density at radius 2 is 0.679 bits per heavy atom. The summed E-state index contributed by atoms with van der Waals surface area (Å²) in [6, 6.07) is 41.9. The van der Waals surface area contributed by atoms with E-state index in [9.17, 15) is 55.2 Å². The SMILES string of the molecule is CC(C)C(=O)c1cc(Oc2ccc(S(C)(=O)=O)cc2)cc(C(=O)N2CCCC2)c1.CC(C)Oc1cc(OC2CCN(S(C)(=O)=O)CC2)cc(C(=O)C(C)C)c1.CC(C)Oc1cc(Oc2cnc(C(=O)N3CCC3)cn2)cc(C(=O)C(C)C)c1.COC[C@H](C)Oc1cc(O[C@@H](C)Cc2ccccc2)cc(C(=O)C(C)C)c1.COC[C@H](C)Oc1cc(Oc2cnc(C(=O)N3CCC3)cn2)cc(C(=O)C(C)C)c1. The Hall–Kier alpha value is -12.6. The second kappa shape index (κ2) is 52.6. The lowest BCUT2D eigenvalue weighted by molar-refractivity contribution is 0.0638. The minimum absolute atomic E-state index is 0.000586. The summed E-state index contributed by atoms with van der Waals surface area (Å²) in [6.45, 7) is 38.2. The van der Waals surface area contributed by atoms with Crippen molar-refractivity contribution in [2.75, 3.05) is 92.3 Å². The maximum absolute atomic E-state index is 12.8. The molecule has 3 atom stereocenters. The van der Waals surface area contributed by atoms with E-state index in [2.05, 4.69) is 32.1 Å². The first-order chi connectivity index (χ1) is 66.3. The number of carbonyl (C=O) groups is 8. The zero-order chi connectivity index (χ0) is 102. The van der Waals surface area contributed by atoms with Crippen molar-refractivity contribution >= 4 is 66.5 Å². The smallest absolute Gasteiger partial charge is 0.274 e. The van der Waals surface area contributed by atoms with E-state index in [1.807, 2.05) is 142 Å². The van der Waals surface area contributed by atoms with Gasteiger partial charge in [0.1, 0.15) is 87.2 Å². The zero-order valence-electron chi connectivity index (χ0n) is 84.3. The molecule has 0 spiro atoms. The van der Waals surface area contributed by atoms with Crippen molar-refractivity contribution in [3.8, 4) is 69.3 Å². The molecule has 3 amide bonds. The number of rotatable bonds is 39. The average molecular weight is 1970 g/mol. The van der Waals surface area contributed by atoms with Gasteiger partial charge in [-0.2, -0.15) is 0 Å². The Morgan fingerprint density at radius 3 is 1.03 bits per heavy atom. The number of carbonyl (C=O) groups excluding carboxylic acids is 8. The quantitative estimate of drug-likeness (QED) is 0.0323. The first-order valence-electron chi connectivity index (χ1n) is 47.6. The first-order valence-corrected chi connectivity index (χ1v) is 51.3. The van der Waals surface area contributed by atoms with Gasteiger partial charge in [0.05, 0.1) is 67.5 Å². The van der Waals surface area contributed by atoms with Crippen LogP contribution < -0.4 is 42.6 Å². The second-order valence-corrected chi connectivity index (χ2v) is 41.1. The summed E-state index contributed by atoms with van der Waals surface area (Å²) in [5.41, 5.74) is 4.80. The van der Waals surface area contributed by atoms with E-state index in [4.69, 9.17) is 52.1 Å². The molecule has 0 unspecified atom stereocenters. The fourth-order valence-corrected chi connectivity index (χ4v) is 16.3.